The van der Waals surface area contributed by atoms with Gasteiger partial charge >= 0.3 is 0 Å². The molecule has 2 rings (SSSR count). The van der Waals surface area contributed by atoms with Gasteiger partial charge in [0.05, 0.1) is 10.6 Å². The van der Waals surface area contributed by atoms with Crippen molar-refractivity contribution in [2.24, 2.45) is 5.10 Å². The molecule has 21 heavy (non-hydrogen) atoms. The van der Waals surface area contributed by atoms with Crippen LogP contribution < -0.4 is 4.83 Å². The van der Waals surface area contributed by atoms with Gasteiger partial charge in [0, 0.05) is 4.47 Å². The molecule has 1 N–H and O–H groups in total. The van der Waals surface area contributed by atoms with Gasteiger partial charge < -0.3 is 0 Å². The van der Waals surface area contributed by atoms with Crippen molar-refractivity contribution in [3.63, 3.8) is 0 Å². The number of halogens is 1. The predicted octanol–water partition coefficient (Wildman–Crippen LogP) is 3.46. The summed E-state index contributed by atoms with van der Waals surface area (Å²) in [5, 5.41) is 3.96. The molecule has 0 unspecified atom stereocenters. The van der Waals surface area contributed by atoms with Crippen LogP contribution in [0.1, 0.15) is 18.1 Å². The highest BCUT2D eigenvalue weighted by molar-refractivity contribution is 9.10. The Labute approximate surface area is 133 Å². The molecule has 4 nitrogen and oxygen atoms in total. The lowest BCUT2D eigenvalue weighted by molar-refractivity contribution is 0.584. The van der Waals surface area contributed by atoms with Crippen LogP contribution in [-0.2, 0) is 10.0 Å². The normalized spacial score (nSPS) is 12.2. The van der Waals surface area contributed by atoms with Crippen LogP contribution >= 0.6 is 15.9 Å². The average molecular weight is 367 g/mol. The Kier molecular flexibility index (Phi) is 4.80. The lowest BCUT2D eigenvalue weighted by Gasteiger charge is -2.06. The summed E-state index contributed by atoms with van der Waals surface area (Å²) >= 11 is 3.37. The molecule has 0 amide bonds. The van der Waals surface area contributed by atoms with Crippen molar-refractivity contribution in [1.29, 1.82) is 0 Å². The molecule has 0 bridgehead atoms. The van der Waals surface area contributed by atoms with E-state index in [9.17, 15) is 8.42 Å². The van der Waals surface area contributed by atoms with Crippen molar-refractivity contribution in [1.82, 2.24) is 4.83 Å². The molecular formula is C15H15BrN2O2S. The van der Waals surface area contributed by atoms with E-state index in [0.717, 1.165) is 15.6 Å². The second-order valence-electron chi connectivity index (χ2n) is 4.62. The Bertz CT molecular complexity index is 769. The van der Waals surface area contributed by atoms with E-state index >= 15 is 0 Å². The first-order valence-electron chi connectivity index (χ1n) is 6.27. The second kappa shape index (κ2) is 6.41. The van der Waals surface area contributed by atoms with Crippen LogP contribution in [0.25, 0.3) is 0 Å². The molecule has 2 aromatic carbocycles. The van der Waals surface area contributed by atoms with E-state index in [1.54, 1.807) is 31.2 Å². The molecule has 0 fully saturated rings. The third-order valence-electron chi connectivity index (χ3n) is 2.91. The molecule has 0 aliphatic carbocycles. The van der Waals surface area contributed by atoms with Crippen LogP contribution in [0.5, 0.6) is 0 Å². The first-order valence-corrected chi connectivity index (χ1v) is 8.55. The first-order chi connectivity index (χ1) is 9.88. The third kappa shape index (κ3) is 4.15. The number of benzene rings is 2. The quantitative estimate of drug-likeness (QED) is 0.665. The van der Waals surface area contributed by atoms with E-state index in [2.05, 4.69) is 25.9 Å². The van der Waals surface area contributed by atoms with E-state index in [1.807, 2.05) is 31.2 Å². The number of nitrogens with zero attached hydrogens (tertiary/aromatic N) is 1. The van der Waals surface area contributed by atoms with Gasteiger partial charge in [-0.1, -0.05) is 45.8 Å². The van der Waals surface area contributed by atoms with Crippen molar-refractivity contribution in [3.8, 4) is 0 Å². The Morgan fingerprint density at radius 1 is 1.14 bits per heavy atom. The number of rotatable bonds is 4. The summed E-state index contributed by atoms with van der Waals surface area (Å²) in [5.41, 5.74) is 2.44. The average Bonchev–Trinajstić information content (AvgIpc) is 2.45. The monoisotopic (exact) mass is 366 g/mol. The van der Waals surface area contributed by atoms with Gasteiger partial charge in [0.25, 0.3) is 10.0 Å². The number of nitrogens with one attached hydrogen (secondary N) is 1. The van der Waals surface area contributed by atoms with Gasteiger partial charge in [-0.2, -0.15) is 18.4 Å². The molecule has 0 aliphatic heterocycles. The zero-order valence-electron chi connectivity index (χ0n) is 11.7. The lowest BCUT2D eigenvalue weighted by atomic mass is 10.1. The summed E-state index contributed by atoms with van der Waals surface area (Å²) in [7, 11) is -3.64. The molecule has 0 aromatic heterocycles. The minimum atomic E-state index is -3.64. The predicted molar refractivity (Wildman–Crippen MR) is 87.9 cm³/mol. The summed E-state index contributed by atoms with van der Waals surface area (Å²) in [4.78, 5) is 2.45. The van der Waals surface area contributed by atoms with Crippen molar-refractivity contribution in [2.75, 3.05) is 0 Å². The fourth-order valence-electron chi connectivity index (χ4n) is 1.68. The van der Waals surface area contributed by atoms with Gasteiger partial charge in [-0.05, 0) is 43.7 Å². The lowest BCUT2D eigenvalue weighted by Crippen LogP contribution is -2.19. The zero-order chi connectivity index (χ0) is 15.5. The van der Waals surface area contributed by atoms with Gasteiger partial charge in [0.2, 0.25) is 0 Å². The number of aryl methyl sites for hydroxylation is 1. The second-order valence-corrected chi connectivity index (χ2v) is 7.19. The Hall–Kier alpha value is -1.66. The Morgan fingerprint density at radius 2 is 1.81 bits per heavy atom. The van der Waals surface area contributed by atoms with E-state index in [4.69, 9.17) is 0 Å². The van der Waals surface area contributed by atoms with E-state index in [-0.39, 0.29) is 4.90 Å². The first kappa shape index (κ1) is 15.7. The third-order valence-corrected chi connectivity index (χ3v) is 4.62. The summed E-state index contributed by atoms with van der Waals surface area (Å²) in [6.45, 7) is 3.65. The minimum Gasteiger partial charge on any atom is -0.200 e. The van der Waals surface area contributed by atoms with Crippen LogP contribution in [0.15, 0.2) is 63.0 Å². The summed E-state index contributed by atoms with van der Waals surface area (Å²) in [5.74, 6) is 0. The maximum atomic E-state index is 12.1. The molecule has 0 heterocycles. The van der Waals surface area contributed by atoms with Crippen LogP contribution in [0.3, 0.4) is 0 Å². The van der Waals surface area contributed by atoms with Crippen LogP contribution in [0.2, 0.25) is 0 Å². The van der Waals surface area contributed by atoms with E-state index in [0.29, 0.717) is 5.71 Å². The van der Waals surface area contributed by atoms with Crippen LogP contribution in [0.4, 0.5) is 0 Å². The van der Waals surface area contributed by atoms with Gasteiger partial charge in [0.1, 0.15) is 0 Å². The SMILES string of the molecule is C/C(=N/NS(=O)(=O)c1ccc(C)cc1)c1cccc(Br)c1. The van der Waals surface area contributed by atoms with Crippen molar-refractivity contribution < 1.29 is 8.42 Å². The summed E-state index contributed by atoms with van der Waals surface area (Å²) < 4.78 is 25.2. The summed E-state index contributed by atoms with van der Waals surface area (Å²) in [6.07, 6.45) is 0. The van der Waals surface area contributed by atoms with Gasteiger partial charge in [-0.25, -0.2) is 0 Å². The molecule has 0 spiro atoms. The van der Waals surface area contributed by atoms with Crippen LogP contribution in [0, 0.1) is 6.92 Å². The minimum absolute atomic E-state index is 0.193. The van der Waals surface area contributed by atoms with Crippen molar-refractivity contribution in [2.45, 2.75) is 18.7 Å². The van der Waals surface area contributed by atoms with Crippen molar-refractivity contribution >= 4 is 31.7 Å². The number of hydrogen-bond donors (Lipinski definition) is 1. The largest absolute Gasteiger partial charge is 0.276 e. The van der Waals surface area contributed by atoms with E-state index in [1.165, 1.54) is 0 Å². The standard InChI is InChI=1S/C15H15BrN2O2S/c1-11-6-8-15(9-7-11)21(19,20)18-17-12(2)13-4-3-5-14(16)10-13/h3-10,18H,1-2H3/b17-12-. The maximum Gasteiger partial charge on any atom is 0.276 e. The molecule has 0 saturated heterocycles. The molecule has 0 radical (unpaired) electrons. The smallest absolute Gasteiger partial charge is 0.200 e. The van der Waals surface area contributed by atoms with Gasteiger partial charge in [-0.15, -0.1) is 0 Å². The molecule has 0 saturated carbocycles. The van der Waals surface area contributed by atoms with Gasteiger partial charge in [-0.3, -0.25) is 0 Å². The Morgan fingerprint density at radius 3 is 2.43 bits per heavy atom. The molecule has 6 heteroatoms. The fraction of sp³-hybridized carbons (Fsp3) is 0.133. The van der Waals surface area contributed by atoms with Crippen LogP contribution in [-0.4, -0.2) is 14.1 Å². The maximum absolute atomic E-state index is 12.1. The number of hydrazone groups is 1. The molecule has 0 aliphatic rings. The van der Waals surface area contributed by atoms with Crippen molar-refractivity contribution in [3.05, 3.63) is 64.1 Å². The topological polar surface area (TPSA) is 58.5 Å². The number of hydrogen-bond acceptors (Lipinski definition) is 3. The molecule has 0 atom stereocenters. The van der Waals surface area contributed by atoms with Gasteiger partial charge in [0.15, 0.2) is 0 Å². The highest BCUT2D eigenvalue weighted by Crippen LogP contribution is 2.13. The molecular weight excluding hydrogens is 352 g/mol. The summed E-state index contributed by atoms with van der Waals surface area (Å²) in [6, 6.07) is 14.1. The highest BCUT2D eigenvalue weighted by Gasteiger charge is 2.12. The zero-order valence-corrected chi connectivity index (χ0v) is 14.1. The highest BCUT2D eigenvalue weighted by atomic mass is 79.9. The molecule has 2 aromatic rings. The fourth-order valence-corrected chi connectivity index (χ4v) is 2.93. The van der Waals surface area contributed by atoms with E-state index < -0.39 is 10.0 Å². The number of sulfonamides is 1. The Balaban J connectivity index is 2.21. The molecule has 110 valence electrons.